The van der Waals surface area contributed by atoms with Gasteiger partial charge in [0.2, 0.25) is 5.91 Å². The van der Waals surface area contributed by atoms with Gasteiger partial charge in [-0.1, -0.05) is 30.3 Å². The zero-order valence-electron chi connectivity index (χ0n) is 14.6. The molecule has 0 saturated carbocycles. The van der Waals surface area contributed by atoms with Crippen LogP contribution in [0.3, 0.4) is 0 Å². The van der Waals surface area contributed by atoms with Crippen LogP contribution in [0.25, 0.3) is 0 Å². The van der Waals surface area contributed by atoms with Crippen molar-refractivity contribution >= 4 is 11.8 Å². The van der Waals surface area contributed by atoms with Crippen LogP contribution in [0.5, 0.6) is 0 Å². The number of furan rings is 1. The number of nitrogens with zero attached hydrogens (tertiary/aromatic N) is 1. The number of benzene rings is 1. The van der Waals surface area contributed by atoms with Crippen LogP contribution >= 0.6 is 0 Å². The van der Waals surface area contributed by atoms with Crippen LogP contribution in [0, 0.1) is 0 Å². The predicted molar refractivity (Wildman–Crippen MR) is 97.6 cm³/mol. The largest absolute Gasteiger partial charge is 0.459 e. The minimum atomic E-state index is -0.644. The molecule has 0 aliphatic carbocycles. The van der Waals surface area contributed by atoms with Crippen molar-refractivity contribution in [3.63, 3.8) is 0 Å². The van der Waals surface area contributed by atoms with E-state index in [-0.39, 0.29) is 17.6 Å². The second kappa shape index (κ2) is 9.17. The summed E-state index contributed by atoms with van der Waals surface area (Å²) in [6.07, 6.45) is 1.44. The van der Waals surface area contributed by atoms with E-state index < -0.39 is 6.04 Å². The van der Waals surface area contributed by atoms with Crippen LogP contribution in [-0.4, -0.2) is 55.5 Å². The van der Waals surface area contributed by atoms with Crippen LogP contribution in [0.1, 0.15) is 16.1 Å². The lowest BCUT2D eigenvalue weighted by molar-refractivity contribution is -0.123. The standard InChI is InChI=1S/C19H24N4O3/c24-18(21-13-15-5-2-1-3-6-15)16(14-23-10-8-20-9-11-23)22-19(25)17-7-4-12-26-17/h1-7,12,16,20H,8-11,13-14H2,(H,21,24)(H,22,25)/t16-/m0/s1. The molecule has 1 aromatic carbocycles. The van der Waals surface area contributed by atoms with Gasteiger partial charge in [-0.2, -0.15) is 0 Å². The van der Waals surface area contributed by atoms with Gasteiger partial charge in [0.25, 0.3) is 5.91 Å². The van der Waals surface area contributed by atoms with E-state index in [9.17, 15) is 9.59 Å². The summed E-state index contributed by atoms with van der Waals surface area (Å²) in [6.45, 7) is 4.34. The predicted octanol–water partition coefficient (Wildman–Crippen LogP) is 0.600. The van der Waals surface area contributed by atoms with Gasteiger partial charge in [0.1, 0.15) is 6.04 Å². The van der Waals surface area contributed by atoms with Crippen LogP contribution < -0.4 is 16.0 Å². The quantitative estimate of drug-likeness (QED) is 0.676. The third-order valence-electron chi connectivity index (χ3n) is 4.33. The molecule has 3 N–H and O–H groups in total. The first-order valence-electron chi connectivity index (χ1n) is 8.81. The number of rotatable bonds is 7. The van der Waals surface area contributed by atoms with E-state index in [1.807, 2.05) is 30.3 Å². The van der Waals surface area contributed by atoms with E-state index in [4.69, 9.17) is 4.42 Å². The third-order valence-corrected chi connectivity index (χ3v) is 4.33. The highest BCUT2D eigenvalue weighted by molar-refractivity contribution is 5.95. The third kappa shape index (κ3) is 5.18. The molecule has 0 spiro atoms. The maximum Gasteiger partial charge on any atom is 0.287 e. The highest BCUT2D eigenvalue weighted by atomic mass is 16.3. The lowest BCUT2D eigenvalue weighted by Gasteiger charge is -2.30. The molecule has 7 heteroatoms. The van der Waals surface area contributed by atoms with Gasteiger partial charge in [0.15, 0.2) is 5.76 Å². The van der Waals surface area contributed by atoms with Crippen molar-refractivity contribution < 1.29 is 14.0 Å². The fourth-order valence-corrected chi connectivity index (χ4v) is 2.89. The Morgan fingerprint density at radius 2 is 1.88 bits per heavy atom. The molecule has 1 saturated heterocycles. The molecule has 1 aliphatic heterocycles. The Labute approximate surface area is 152 Å². The second-order valence-electron chi connectivity index (χ2n) is 6.26. The number of hydrogen-bond donors (Lipinski definition) is 3. The van der Waals surface area contributed by atoms with Crippen molar-refractivity contribution in [1.82, 2.24) is 20.9 Å². The number of amides is 2. The number of piperazine rings is 1. The summed E-state index contributed by atoms with van der Waals surface area (Å²) in [5.41, 5.74) is 1.01. The fourth-order valence-electron chi connectivity index (χ4n) is 2.89. The van der Waals surface area contributed by atoms with Crippen LogP contribution in [-0.2, 0) is 11.3 Å². The average molecular weight is 356 g/mol. The van der Waals surface area contributed by atoms with Gasteiger partial charge in [-0.15, -0.1) is 0 Å². The molecule has 0 unspecified atom stereocenters. The Hall–Kier alpha value is -2.64. The van der Waals surface area contributed by atoms with Crippen LogP contribution in [0.4, 0.5) is 0 Å². The van der Waals surface area contributed by atoms with Gasteiger partial charge in [0.05, 0.1) is 6.26 Å². The van der Waals surface area contributed by atoms with Crippen LogP contribution in [0.2, 0.25) is 0 Å². The normalized spacial score (nSPS) is 16.0. The summed E-state index contributed by atoms with van der Waals surface area (Å²) >= 11 is 0. The maximum absolute atomic E-state index is 12.7. The summed E-state index contributed by atoms with van der Waals surface area (Å²) in [7, 11) is 0. The molecule has 1 atom stereocenters. The first-order valence-corrected chi connectivity index (χ1v) is 8.81. The minimum absolute atomic E-state index is 0.200. The van der Waals surface area contributed by atoms with Crippen molar-refractivity contribution in [2.24, 2.45) is 0 Å². The molecular formula is C19H24N4O3. The molecule has 26 heavy (non-hydrogen) atoms. The Kier molecular flexibility index (Phi) is 6.40. The van der Waals surface area contributed by atoms with E-state index in [2.05, 4.69) is 20.9 Å². The Morgan fingerprint density at radius 3 is 2.58 bits per heavy atom. The smallest absolute Gasteiger partial charge is 0.287 e. The van der Waals surface area contributed by atoms with E-state index in [1.54, 1.807) is 12.1 Å². The monoisotopic (exact) mass is 356 g/mol. The van der Waals surface area contributed by atoms with Gasteiger partial charge in [-0.05, 0) is 17.7 Å². The second-order valence-corrected chi connectivity index (χ2v) is 6.26. The first-order chi connectivity index (χ1) is 12.7. The van der Waals surface area contributed by atoms with E-state index in [0.717, 1.165) is 31.7 Å². The molecule has 138 valence electrons. The first kappa shape index (κ1) is 18.2. The van der Waals surface area contributed by atoms with Gasteiger partial charge in [0, 0.05) is 39.3 Å². The molecule has 7 nitrogen and oxygen atoms in total. The topological polar surface area (TPSA) is 86.6 Å². The minimum Gasteiger partial charge on any atom is -0.459 e. The zero-order valence-corrected chi connectivity index (χ0v) is 14.6. The van der Waals surface area contributed by atoms with Crippen LogP contribution in [0.15, 0.2) is 53.1 Å². The van der Waals surface area contributed by atoms with Crippen molar-refractivity contribution in [2.45, 2.75) is 12.6 Å². The highest BCUT2D eigenvalue weighted by Crippen LogP contribution is 2.03. The number of carbonyl (C=O) groups is 2. The molecule has 2 aromatic rings. The number of hydrogen-bond acceptors (Lipinski definition) is 5. The molecule has 1 aromatic heterocycles. The molecule has 3 rings (SSSR count). The highest BCUT2D eigenvalue weighted by Gasteiger charge is 2.25. The van der Waals surface area contributed by atoms with E-state index in [1.165, 1.54) is 6.26 Å². The molecule has 1 aliphatic rings. The fraction of sp³-hybridized carbons (Fsp3) is 0.368. The average Bonchev–Trinajstić information content (AvgIpc) is 3.22. The molecular weight excluding hydrogens is 332 g/mol. The van der Waals surface area contributed by atoms with Crippen molar-refractivity contribution in [1.29, 1.82) is 0 Å². The Bertz CT molecular complexity index is 697. The number of nitrogens with one attached hydrogen (secondary N) is 3. The summed E-state index contributed by atoms with van der Waals surface area (Å²) in [6, 6.07) is 12.3. The Morgan fingerprint density at radius 1 is 1.12 bits per heavy atom. The van der Waals surface area contributed by atoms with Gasteiger partial charge < -0.3 is 20.4 Å². The molecule has 1 fully saturated rings. The van der Waals surface area contributed by atoms with Crippen molar-refractivity contribution in [3.8, 4) is 0 Å². The summed E-state index contributed by atoms with van der Waals surface area (Å²) < 4.78 is 5.13. The van der Waals surface area contributed by atoms with E-state index >= 15 is 0 Å². The van der Waals surface area contributed by atoms with Gasteiger partial charge in [-0.25, -0.2) is 0 Å². The van der Waals surface area contributed by atoms with Gasteiger partial charge >= 0.3 is 0 Å². The summed E-state index contributed by atoms with van der Waals surface area (Å²) in [4.78, 5) is 27.2. The molecule has 0 radical (unpaired) electrons. The van der Waals surface area contributed by atoms with Crippen molar-refractivity contribution in [3.05, 3.63) is 60.1 Å². The zero-order chi connectivity index (χ0) is 18.2. The van der Waals surface area contributed by atoms with Crippen molar-refractivity contribution in [2.75, 3.05) is 32.7 Å². The lowest BCUT2D eigenvalue weighted by Crippen LogP contribution is -2.55. The molecule has 2 amide bonds. The molecule has 0 bridgehead atoms. The van der Waals surface area contributed by atoms with Gasteiger partial charge in [-0.3, -0.25) is 14.5 Å². The summed E-state index contributed by atoms with van der Waals surface area (Å²) in [5.74, 6) is -0.386. The lowest BCUT2D eigenvalue weighted by atomic mass is 10.2. The maximum atomic E-state index is 12.7. The summed E-state index contributed by atoms with van der Waals surface area (Å²) in [5, 5.41) is 8.99. The van der Waals surface area contributed by atoms with E-state index in [0.29, 0.717) is 13.1 Å². The number of carbonyl (C=O) groups excluding carboxylic acids is 2. The SMILES string of the molecule is O=C(N[C@@H](CN1CCNCC1)C(=O)NCc1ccccc1)c1ccco1. The molecule has 2 heterocycles. The Balaban J connectivity index is 1.62.